The van der Waals surface area contributed by atoms with Crippen LogP contribution in [0.25, 0.3) is 0 Å². The van der Waals surface area contributed by atoms with Gasteiger partial charge in [0, 0.05) is 5.56 Å². The topological polar surface area (TPSA) is 96.7 Å². The number of carboxylic acids is 1. The molecule has 0 spiro atoms. The lowest BCUT2D eigenvalue weighted by molar-refractivity contribution is 0.0689. The van der Waals surface area contributed by atoms with Crippen molar-refractivity contribution in [3.8, 4) is 11.5 Å². The van der Waals surface area contributed by atoms with Crippen LogP contribution in [0.5, 0.6) is 11.5 Å². The van der Waals surface area contributed by atoms with Gasteiger partial charge < -0.3 is 14.9 Å². The number of rotatable bonds is 7. The summed E-state index contributed by atoms with van der Waals surface area (Å²) >= 11 is 0. The van der Waals surface area contributed by atoms with E-state index in [2.05, 4.69) is 4.98 Å². The van der Waals surface area contributed by atoms with E-state index >= 15 is 0 Å². The van der Waals surface area contributed by atoms with E-state index in [1.165, 1.54) is 19.1 Å². The van der Waals surface area contributed by atoms with Crippen LogP contribution >= 0.6 is 0 Å². The van der Waals surface area contributed by atoms with Crippen molar-refractivity contribution < 1.29 is 24.5 Å². The Balaban J connectivity index is 2.26. The molecule has 24 heavy (non-hydrogen) atoms. The molecule has 0 atom stereocenters. The molecular formula is C18H19NO5. The predicted octanol–water partition coefficient (Wildman–Crippen LogP) is 3.22. The molecule has 0 aliphatic rings. The molecule has 0 amide bonds. The van der Waals surface area contributed by atoms with E-state index in [0.717, 1.165) is 6.42 Å². The Labute approximate surface area is 139 Å². The van der Waals surface area contributed by atoms with Crippen molar-refractivity contribution >= 4 is 11.8 Å². The van der Waals surface area contributed by atoms with Crippen molar-refractivity contribution in [3.63, 3.8) is 0 Å². The Bertz CT molecular complexity index is 770. The van der Waals surface area contributed by atoms with Crippen LogP contribution in [0.3, 0.4) is 0 Å². The highest BCUT2D eigenvalue weighted by Gasteiger charge is 2.16. The second-order valence-electron chi connectivity index (χ2n) is 5.35. The molecule has 126 valence electrons. The molecule has 2 rings (SSSR count). The Kier molecular flexibility index (Phi) is 5.52. The Morgan fingerprint density at radius 3 is 2.58 bits per heavy atom. The third-order valence-electron chi connectivity index (χ3n) is 3.52. The van der Waals surface area contributed by atoms with Crippen LogP contribution in [0.1, 0.15) is 52.4 Å². The van der Waals surface area contributed by atoms with E-state index in [1.807, 2.05) is 6.92 Å². The summed E-state index contributed by atoms with van der Waals surface area (Å²) in [5.74, 6) is -0.921. The molecule has 2 aromatic rings. The second kappa shape index (κ2) is 7.59. The first-order chi connectivity index (χ1) is 11.4. The van der Waals surface area contributed by atoms with Crippen LogP contribution in [-0.4, -0.2) is 26.9 Å². The van der Waals surface area contributed by atoms with Gasteiger partial charge in [-0.1, -0.05) is 19.4 Å². The molecular weight excluding hydrogens is 310 g/mol. The minimum Gasteiger partial charge on any atom is -0.507 e. The van der Waals surface area contributed by atoms with Crippen molar-refractivity contribution in [2.24, 2.45) is 0 Å². The normalized spacial score (nSPS) is 10.4. The lowest BCUT2D eigenvalue weighted by Gasteiger charge is -2.14. The zero-order valence-electron chi connectivity index (χ0n) is 13.6. The van der Waals surface area contributed by atoms with Crippen LogP contribution in [0.15, 0.2) is 30.3 Å². The predicted molar refractivity (Wildman–Crippen MR) is 87.6 cm³/mol. The van der Waals surface area contributed by atoms with Crippen LogP contribution < -0.4 is 4.74 Å². The van der Waals surface area contributed by atoms with Gasteiger partial charge in [-0.15, -0.1) is 0 Å². The standard InChI is InChI=1S/C18H19NO5/c1-3-5-14-16(9-8-13(11(2)20)17(14)21)24-10-12-6-4-7-15(19-12)18(22)23/h4,6-9,21H,3,5,10H2,1-2H3,(H,22,23). The summed E-state index contributed by atoms with van der Waals surface area (Å²) in [7, 11) is 0. The molecule has 0 unspecified atom stereocenters. The number of pyridine rings is 1. The fraction of sp³-hybridized carbons (Fsp3) is 0.278. The average molecular weight is 329 g/mol. The number of ether oxygens (including phenoxy) is 1. The monoisotopic (exact) mass is 329 g/mol. The van der Waals surface area contributed by atoms with Crippen LogP contribution in [-0.2, 0) is 13.0 Å². The zero-order chi connectivity index (χ0) is 17.7. The third-order valence-corrected chi connectivity index (χ3v) is 3.52. The number of hydrogen-bond donors (Lipinski definition) is 2. The van der Waals surface area contributed by atoms with E-state index in [0.29, 0.717) is 23.4 Å². The second-order valence-corrected chi connectivity index (χ2v) is 5.35. The molecule has 1 heterocycles. The van der Waals surface area contributed by atoms with E-state index in [-0.39, 0.29) is 29.4 Å². The van der Waals surface area contributed by atoms with Crippen molar-refractivity contribution in [1.29, 1.82) is 0 Å². The van der Waals surface area contributed by atoms with Gasteiger partial charge in [0.05, 0.1) is 11.3 Å². The van der Waals surface area contributed by atoms with E-state index in [4.69, 9.17) is 9.84 Å². The number of aromatic hydroxyl groups is 1. The van der Waals surface area contributed by atoms with Gasteiger partial charge in [-0.25, -0.2) is 9.78 Å². The zero-order valence-corrected chi connectivity index (χ0v) is 13.6. The minimum absolute atomic E-state index is 0.0559. The lowest BCUT2D eigenvalue weighted by atomic mass is 10.0. The van der Waals surface area contributed by atoms with E-state index in [1.54, 1.807) is 18.2 Å². The van der Waals surface area contributed by atoms with Gasteiger partial charge in [0.2, 0.25) is 0 Å². The van der Waals surface area contributed by atoms with Gasteiger partial charge in [0.25, 0.3) is 0 Å². The number of phenolic OH excluding ortho intramolecular Hbond substituents is 1. The number of carbonyl (C=O) groups excluding carboxylic acids is 1. The van der Waals surface area contributed by atoms with Crippen molar-refractivity contribution in [2.75, 3.05) is 0 Å². The number of aromatic nitrogens is 1. The molecule has 0 bridgehead atoms. The number of aromatic carboxylic acids is 1. The van der Waals surface area contributed by atoms with Gasteiger partial charge in [-0.05, 0) is 37.6 Å². The van der Waals surface area contributed by atoms with E-state index in [9.17, 15) is 14.7 Å². The highest BCUT2D eigenvalue weighted by molar-refractivity contribution is 5.97. The number of carboxylic acid groups (broad SMARTS) is 1. The summed E-state index contributed by atoms with van der Waals surface area (Å²) in [6.07, 6.45) is 1.34. The van der Waals surface area contributed by atoms with Crippen molar-refractivity contribution in [3.05, 3.63) is 52.8 Å². The number of ketones is 1. The molecule has 0 radical (unpaired) electrons. The molecule has 0 aliphatic heterocycles. The maximum Gasteiger partial charge on any atom is 0.354 e. The molecule has 2 N–H and O–H groups in total. The average Bonchev–Trinajstić information content (AvgIpc) is 2.55. The molecule has 0 aliphatic carbocycles. The number of nitrogens with zero attached hydrogens (tertiary/aromatic N) is 1. The number of Topliss-reactive ketones (excluding diaryl/α,β-unsaturated/α-hetero) is 1. The fourth-order valence-corrected chi connectivity index (χ4v) is 2.36. The first kappa shape index (κ1) is 17.5. The maximum atomic E-state index is 11.5. The van der Waals surface area contributed by atoms with Crippen LogP contribution in [0, 0.1) is 0 Å². The van der Waals surface area contributed by atoms with Gasteiger partial charge in [-0.2, -0.15) is 0 Å². The highest BCUT2D eigenvalue weighted by Crippen LogP contribution is 2.33. The quantitative estimate of drug-likeness (QED) is 0.757. The molecule has 6 heteroatoms. The van der Waals surface area contributed by atoms with Gasteiger partial charge >= 0.3 is 5.97 Å². The van der Waals surface area contributed by atoms with Crippen molar-refractivity contribution in [1.82, 2.24) is 4.98 Å². The molecule has 6 nitrogen and oxygen atoms in total. The van der Waals surface area contributed by atoms with Crippen LogP contribution in [0.4, 0.5) is 0 Å². The van der Waals surface area contributed by atoms with Gasteiger partial charge in [-0.3, -0.25) is 4.79 Å². The Morgan fingerprint density at radius 2 is 1.96 bits per heavy atom. The lowest BCUT2D eigenvalue weighted by Crippen LogP contribution is -2.06. The smallest absolute Gasteiger partial charge is 0.354 e. The maximum absolute atomic E-state index is 11.5. The van der Waals surface area contributed by atoms with Gasteiger partial charge in [0.1, 0.15) is 23.8 Å². The Morgan fingerprint density at radius 1 is 1.21 bits per heavy atom. The third kappa shape index (κ3) is 3.90. The first-order valence-corrected chi connectivity index (χ1v) is 7.61. The summed E-state index contributed by atoms with van der Waals surface area (Å²) in [5.41, 5.74) is 1.24. The number of phenols is 1. The molecule has 1 aromatic carbocycles. The summed E-state index contributed by atoms with van der Waals surface area (Å²) in [4.78, 5) is 26.5. The largest absolute Gasteiger partial charge is 0.507 e. The molecule has 0 saturated carbocycles. The first-order valence-electron chi connectivity index (χ1n) is 7.61. The number of carbonyl (C=O) groups is 2. The summed E-state index contributed by atoms with van der Waals surface area (Å²) in [5, 5.41) is 19.3. The molecule has 0 saturated heterocycles. The SMILES string of the molecule is CCCc1c(OCc2cccc(C(=O)O)n2)ccc(C(C)=O)c1O. The minimum atomic E-state index is -1.10. The van der Waals surface area contributed by atoms with E-state index < -0.39 is 5.97 Å². The summed E-state index contributed by atoms with van der Waals surface area (Å²) in [6, 6.07) is 7.83. The van der Waals surface area contributed by atoms with Gasteiger partial charge in [0.15, 0.2) is 5.78 Å². The summed E-state index contributed by atoms with van der Waals surface area (Å²) < 4.78 is 5.70. The Hall–Kier alpha value is -2.89. The molecule has 0 fully saturated rings. The highest BCUT2D eigenvalue weighted by atomic mass is 16.5. The molecule has 1 aromatic heterocycles. The number of hydrogen-bond acceptors (Lipinski definition) is 5. The van der Waals surface area contributed by atoms with Crippen molar-refractivity contribution in [2.45, 2.75) is 33.3 Å². The fourth-order valence-electron chi connectivity index (χ4n) is 2.36. The van der Waals surface area contributed by atoms with Crippen LogP contribution in [0.2, 0.25) is 0 Å². The number of benzene rings is 1. The summed E-state index contributed by atoms with van der Waals surface area (Å²) in [6.45, 7) is 3.42.